The molecule has 0 aliphatic rings. The van der Waals surface area contributed by atoms with E-state index in [-0.39, 0.29) is 11.4 Å². The Bertz CT molecular complexity index is 307. The van der Waals surface area contributed by atoms with E-state index in [0.717, 1.165) is 5.76 Å². The normalized spacial score (nSPS) is 11.4. The number of amides is 1. The Balaban J connectivity index is 2.70. The molecular formula is C10H15NO2. The fourth-order valence-corrected chi connectivity index (χ4v) is 0.975. The third-order valence-electron chi connectivity index (χ3n) is 1.48. The Hall–Kier alpha value is -1.25. The molecule has 0 aromatic carbocycles. The molecule has 1 aromatic rings. The van der Waals surface area contributed by atoms with E-state index < -0.39 is 0 Å². The maximum absolute atomic E-state index is 11.5. The first-order chi connectivity index (χ1) is 5.88. The van der Waals surface area contributed by atoms with E-state index in [1.807, 2.05) is 27.7 Å². The van der Waals surface area contributed by atoms with Crippen molar-refractivity contribution in [3.63, 3.8) is 0 Å². The van der Waals surface area contributed by atoms with Gasteiger partial charge in [0.1, 0.15) is 12.0 Å². The number of nitrogens with one attached hydrogen (secondary N) is 1. The zero-order valence-electron chi connectivity index (χ0n) is 8.47. The minimum atomic E-state index is -0.206. The van der Waals surface area contributed by atoms with Gasteiger partial charge in [0, 0.05) is 5.54 Å². The maximum atomic E-state index is 11.5. The Labute approximate surface area is 78.1 Å². The van der Waals surface area contributed by atoms with Crippen molar-refractivity contribution in [2.24, 2.45) is 0 Å². The standard InChI is InChI=1S/C10H15NO2/c1-7-5-8(6-13-7)9(12)11-10(2,3)4/h5-6H,1-4H3,(H,11,12). The zero-order chi connectivity index (χ0) is 10.1. The molecule has 0 unspecified atom stereocenters. The van der Waals surface area contributed by atoms with E-state index >= 15 is 0 Å². The Kier molecular flexibility index (Phi) is 2.45. The molecule has 0 bridgehead atoms. The van der Waals surface area contributed by atoms with Crippen LogP contribution in [0.5, 0.6) is 0 Å². The molecule has 1 heterocycles. The van der Waals surface area contributed by atoms with Gasteiger partial charge in [0.15, 0.2) is 0 Å². The zero-order valence-corrected chi connectivity index (χ0v) is 8.47. The number of furan rings is 1. The monoisotopic (exact) mass is 181 g/mol. The lowest BCUT2D eigenvalue weighted by atomic mass is 10.1. The highest BCUT2D eigenvalue weighted by Crippen LogP contribution is 2.08. The summed E-state index contributed by atoms with van der Waals surface area (Å²) in [7, 11) is 0. The quantitative estimate of drug-likeness (QED) is 0.721. The van der Waals surface area contributed by atoms with Crippen LogP contribution in [0, 0.1) is 6.92 Å². The summed E-state index contributed by atoms with van der Waals surface area (Å²) in [4.78, 5) is 11.5. The largest absolute Gasteiger partial charge is 0.469 e. The van der Waals surface area contributed by atoms with Crippen LogP contribution in [0.15, 0.2) is 16.7 Å². The molecule has 0 fully saturated rings. The Morgan fingerprint density at radius 3 is 2.46 bits per heavy atom. The smallest absolute Gasteiger partial charge is 0.254 e. The molecule has 1 rings (SSSR count). The first kappa shape index (κ1) is 9.84. The average Bonchev–Trinajstić information content (AvgIpc) is 2.31. The second kappa shape index (κ2) is 3.24. The van der Waals surface area contributed by atoms with E-state index in [1.165, 1.54) is 6.26 Å². The highest BCUT2D eigenvalue weighted by molar-refractivity contribution is 5.94. The van der Waals surface area contributed by atoms with Gasteiger partial charge in [0.2, 0.25) is 0 Å². The summed E-state index contributed by atoms with van der Waals surface area (Å²) >= 11 is 0. The van der Waals surface area contributed by atoms with Crippen molar-refractivity contribution in [1.29, 1.82) is 0 Å². The van der Waals surface area contributed by atoms with Crippen LogP contribution in [0.25, 0.3) is 0 Å². The third-order valence-corrected chi connectivity index (χ3v) is 1.48. The lowest BCUT2D eigenvalue weighted by molar-refractivity contribution is 0.0919. The van der Waals surface area contributed by atoms with Crippen LogP contribution in [0.4, 0.5) is 0 Å². The molecule has 0 aliphatic heterocycles. The summed E-state index contributed by atoms with van der Waals surface area (Å²) in [6, 6.07) is 1.72. The minimum Gasteiger partial charge on any atom is -0.469 e. The van der Waals surface area contributed by atoms with Gasteiger partial charge in [0.05, 0.1) is 5.56 Å². The van der Waals surface area contributed by atoms with Gasteiger partial charge >= 0.3 is 0 Å². The van der Waals surface area contributed by atoms with Crippen molar-refractivity contribution in [2.45, 2.75) is 33.2 Å². The van der Waals surface area contributed by atoms with Crippen LogP contribution in [-0.2, 0) is 0 Å². The summed E-state index contributed by atoms with van der Waals surface area (Å²) in [5.74, 6) is 0.656. The lowest BCUT2D eigenvalue weighted by Gasteiger charge is -2.19. The van der Waals surface area contributed by atoms with Crippen LogP contribution < -0.4 is 5.32 Å². The van der Waals surface area contributed by atoms with Crippen LogP contribution >= 0.6 is 0 Å². The van der Waals surface area contributed by atoms with Crippen molar-refractivity contribution in [1.82, 2.24) is 5.32 Å². The number of carbonyl (C=O) groups excluding carboxylic acids is 1. The lowest BCUT2D eigenvalue weighted by Crippen LogP contribution is -2.40. The van der Waals surface area contributed by atoms with Gasteiger partial charge in [0.25, 0.3) is 5.91 Å². The van der Waals surface area contributed by atoms with E-state index in [1.54, 1.807) is 6.07 Å². The molecule has 0 saturated carbocycles. The van der Waals surface area contributed by atoms with E-state index in [0.29, 0.717) is 5.56 Å². The van der Waals surface area contributed by atoms with Crippen molar-refractivity contribution < 1.29 is 9.21 Å². The Morgan fingerprint density at radius 2 is 2.08 bits per heavy atom. The summed E-state index contributed by atoms with van der Waals surface area (Å²) in [5, 5.41) is 2.85. The highest BCUT2D eigenvalue weighted by Gasteiger charge is 2.16. The molecule has 3 nitrogen and oxygen atoms in total. The SMILES string of the molecule is Cc1cc(C(=O)NC(C)(C)C)co1. The molecular weight excluding hydrogens is 166 g/mol. The number of carbonyl (C=O) groups is 1. The van der Waals surface area contributed by atoms with Crippen molar-refractivity contribution in [3.8, 4) is 0 Å². The van der Waals surface area contributed by atoms with Gasteiger partial charge in [-0.15, -0.1) is 0 Å². The molecule has 0 aliphatic carbocycles. The topological polar surface area (TPSA) is 42.2 Å². The molecule has 13 heavy (non-hydrogen) atoms. The number of hydrogen-bond acceptors (Lipinski definition) is 2. The molecule has 0 spiro atoms. The molecule has 0 saturated heterocycles. The second-order valence-electron chi connectivity index (χ2n) is 4.15. The molecule has 3 heteroatoms. The first-order valence-corrected chi connectivity index (χ1v) is 4.26. The number of rotatable bonds is 1. The van der Waals surface area contributed by atoms with Crippen molar-refractivity contribution in [2.75, 3.05) is 0 Å². The highest BCUT2D eigenvalue weighted by atomic mass is 16.3. The summed E-state index contributed by atoms with van der Waals surface area (Å²) in [5.41, 5.74) is 0.370. The van der Waals surface area contributed by atoms with Crippen molar-refractivity contribution in [3.05, 3.63) is 23.7 Å². The first-order valence-electron chi connectivity index (χ1n) is 4.26. The van der Waals surface area contributed by atoms with E-state index in [2.05, 4.69) is 5.32 Å². The van der Waals surface area contributed by atoms with Gasteiger partial charge in [-0.3, -0.25) is 4.79 Å². The fraction of sp³-hybridized carbons (Fsp3) is 0.500. The van der Waals surface area contributed by atoms with E-state index in [4.69, 9.17) is 4.42 Å². The predicted molar refractivity (Wildman–Crippen MR) is 50.7 cm³/mol. The summed E-state index contributed by atoms with van der Waals surface area (Å²) in [6.07, 6.45) is 1.47. The van der Waals surface area contributed by atoms with Crippen molar-refractivity contribution >= 4 is 5.91 Å². The average molecular weight is 181 g/mol. The maximum Gasteiger partial charge on any atom is 0.254 e. The molecule has 1 N–H and O–H groups in total. The molecule has 1 amide bonds. The number of hydrogen-bond donors (Lipinski definition) is 1. The molecule has 1 aromatic heterocycles. The van der Waals surface area contributed by atoms with Crippen LogP contribution in [-0.4, -0.2) is 11.4 Å². The third kappa shape index (κ3) is 2.93. The van der Waals surface area contributed by atoms with Gasteiger partial charge in [-0.2, -0.15) is 0 Å². The Morgan fingerprint density at radius 1 is 1.46 bits per heavy atom. The summed E-state index contributed by atoms with van der Waals surface area (Å²) < 4.78 is 5.04. The fourth-order valence-electron chi connectivity index (χ4n) is 0.975. The van der Waals surface area contributed by atoms with Gasteiger partial charge < -0.3 is 9.73 Å². The van der Waals surface area contributed by atoms with Gasteiger partial charge in [-0.1, -0.05) is 0 Å². The van der Waals surface area contributed by atoms with E-state index in [9.17, 15) is 4.79 Å². The second-order valence-corrected chi connectivity index (χ2v) is 4.15. The molecule has 0 radical (unpaired) electrons. The van der Waals surface area contributed by atoms with Gasteiger partial charge in [-0.25, -0.2) is 0 Å². The minimum absolute atomic E-state index is 0.0932. The molecule has 72 valence electrons. The van der Waals surface area contributed by atoms with Gasteiger partial charge in [-0.05, 0) is 33.8 Å². The molecule has 0 atom stereocenters. The van der Waals surface area contributed by atoms with Crippen LogP contribution in [0.3, 0.4) is 0 Å². The summed E-state index contributed by atoms with van der Waals surface area (Å²) in [6.45, 7) is 7.64. The number of aryl methyl sites for hydroxylation is 1. The van der Waals surface area contributed by atoms with Crippen LogP contribution in [0.2, 0.25) is 0 Å². The predicted octanol–water partition coefficient (Wildman–Crippen LogP) is 2.12. The van der Waals surface area contributed by atoms with Crippen LogP contribution in [0.1, 0.15) is 36.9 Å².